The van der Waals surface area contributed by atoms with Crippen LogP contribution in [0.1, 0.15) is 50.5 Å². The highest BCUT2D eigenvalue weighted by atomic mass is 16.3. The van der Waals surface area contributed by atoms with Crippen LogP contribution in [0.4, 0.5) is 0 Å². The molecule has 1 aliphatic heterocycles. The summed E-state index contributed by atoms with van der Waals surface area (Å²) in [5.41, 5.74) is 1.20. The van der Waals surface area contributed by atoms with Crippen LogP contribution in [0, 0.1) is 5.92 Å². The molecule has 2 saturated carbocycles. The van der Waals surface area contributed by atoms with E-state index in [9.17, 15) is 14.7 Å². The fourth-order valence-electron chi connectivity index (χ4n) is 6.20. The number of hydrogen-bond acceptors (Lipinski definition) is 6. The van der Waals surface area contributed by atoms with Crippen molar-refractivity contribution in [3.05, 3.63) is 35.9 Å². The molecule has 2 aliphatic carbocycles. The number of rotatable bonds is 8. The van der Waals surface area contributed by atoms with Crippen molar-refractivity contribution in [2.75, 3.05) is 47.3 Å². The van der Waals surface area contributed by atoms with Gasteiger partial charge in [-0.05, 0) is 64.1 Å². The molecule has 2 amide bonds. The van der Waals surface area contributed by atoms with Crippen molar-refractivity contribution in [3.8, 4) is 0 Å². The zero-order chi connectivity index (χ0) is 24.3. The van der Waals surface area contributed by atoms with Crippen LogP contribution in [-0.4, -0.2) is 90.8 Å². The van der Waals surface area contributed by atoms with Crippen LogP contribution in [-0.2, 0) is 15.1 Å². The van der Waals surface area contributed by atoms with Crippen molar-refractivity contribution in [1.29, 1.82) is 0 Å². The number of nitrogens with zero attached hydrogens (tertiary/aromatic N) is 3. The molecule has 3 aliphatic rings. The van der Waals surface area contributed by atoms with E-state index in [1.807, 2.05) is 4.90 Å². The van der Waals surface area contributed by atoms with E-state index in [0.29, 0.717) is 12.5 Å². The van der Waals surface area contributed by atoms with Crippen molar-refractivity contribution in [2.45, 2.75) is 62.4 Å². The average molecular weight is 472 g/mol. The molecule has 8 heteroatoms. The van der Waals surface area contributed by atoms with Crippen molar-refractivity contribution in [1.82, 2.24) is 25.3 Å². The molecule has 188 valence electrons. The lowest BCUT2D eigenvalue weighted by atomic mass is 9.68. The summed E-state index contributed by atoms with van der Waals surface area (Å²) in [6.45, 7) is 1.61. The zero-order valence-electron chi connectivity index (χ0n) is 20.9. The largest absolute Gasteiger partial charge is 0.365 e. The lowest BCUT2D eigenvalue weighted by Crippen LogP contribution is -2.57. The molecular formula is C26H41N5O3. The van der Waals surface area contributed by atoms with Gasteiger partial charge in [-0.1, -0.05) is 36.8 Å². The summed E-state index contributed by atoms with van der Waals surface area (Å²) >= 11 is 0. The third-order valence-electron chi connectivity index (χ3n) is 8.64. The van der Waals surface area contributed by atoms with Crippen molar-refractivity contribution in [3.63, 3.8) is 0 Å². The molecule has 0 bridgehead atoms. The average Bonchev–Trinajstić information content (AvgIpc) is 3.05. The van der Waals surface area contributed by atoms with Crippen LogP contribution in [0.5, 0.6) is 0 Å². The molecule has 4 rings (SSSR count). The number of aliphatic hydroxyl groups is 1. The summed E-state index contributed by atoms with van der Waals surface area (Å²) in [5.74, 6) is 0.167. The molecule has 1 aromatic rings. The number of aliphatic hydroxyl groups excluding tert-OH is 1. The first-order valence-electron chi connectivity index (χ1n) is 12.7. The molecular weight excluding hydrogens is 430 g/mol. The number of amides is 2. The van der Waals surface area contributed by atoms with Crippen LogP contribution in [0.3, 0.4) is 0 Å². The van der Waals surface area contributed by atoms with Gasteiger partial charge >= 0.3 is 0 Å². The first-order chi connectivity index (χ1) is 16.3. The Morgan fingerprint density at radius 3 is 2.32 bits per heavy atom. The molecule has 1 heterocycles. The smallest absolute Gasteiger partial charge is 0.239 e. The van der Waals surface area contributed by atoms with E-state index in [1.165, 1.54) is 24.8 Å². The van der Waals surface area contributed by atoms with Crippen LogP contribution in [0.15, 0.2) is 30.3 Å². The third kappa shape index (κ3) is 4.87. The Kier molecular flexibility index (Phi) is 7.62. The number of hydrogen-bond donors (Lipinski definition) is 3. The van der Waals surface area contributed by atoms with E-state index in [-0.39, 0.29) is 36.0 Å². The van der Waals surface area contributed by atoms with E-state index < -0.39 is 6.35 Å². The van der Waals surface area contributed by atoms with Gasteiger partial charge in [-0.15, -0.1) is 0 Å². The van der Waals surface area contributed by atoms with Gasteiger partial charge in [-0.2, -0.15) is 0 Å². The highest BCUT2D eigenvalue weighted by Crippen LogP contribution is 2.50. The molecule has 1 spiro atoms. The molecule has 3 fully saturated rings. The maximum Gasteiger partial charge on any atom is 0.239 e. The van der Waals surface area contributed by atoms with Gasteiger partial charge in [0.05, 0.1) is 13.1 Å². The Balaban J connectivity index is 1.50. The minimum absolute atomic E-state index is 0.0160. The summed E-state index contributed by atoms with van der Waals surface area (Å²) in [6.07, 6.45) is 6.90. The number of benzene rings is 1. The van der Waals surface area contributed by atoms with Crippen molar-refractivity contribution in [2.24, 2.45) is 5.92 Å². The van der Waals surface area contributed by atoms with E-state index >= 15 is 0 Å². The molecule has 1 saturated heterocycles. The predicted molar refractivity (Wildman–Crippen MR) is 132 cm³/mol. The Bertz CT molecular complexity index is 849. The fraction of sp³-hybridized carbons (Fsp3) is 0.692. The summed E-state index contributed by atoms with van der Waals surface area (Å²) in [6, 6.07) is 10.8. The van der Waals surface area contributed by atoms with E-state index in [4.69, 9.17) is 0 Å². The van der Waals surface area contributed by atoms with E-state index in [2.05, 4.69) is 64.9 Å². The Labute approximate surface area is 203 Å². The monoisotopic (exact) mass is 471 g/mol. The Morgan fingerprint density at radius 1 is 1.09 bits per heavy atom. The van der Waals surface area contributed by atoms with Crippen LogP contribution < -0.4 is 10.6 Å². The van der Waals surface area contributed by atoms with Crippen molar-refractivity contribution < 1.29 is 14.7 Å². The fourth-order valence-corrected chi connectivity index (χ4v) is 6.20. The molecule has 1 aromatic carbocycles. The van der Waals surface area contributed by atoms with E-state index in [1.54, 1.807) is 7.05 Å². The topological polar surface area (TPSA) is 88.2 Å². The van der Waals surface area contributed by atoms with Gasteiger partial charge in [0.2, 0.25) is 11.8 Å². The summed E-state index contributed by atoms with van der Waals surface area (Å²) in [4.78, 5) is 30.6. The van der Waals surface area contributed by atoms with Gasteiger partial charge in [0, 0.05) is 31.2 Å². The quantitative estimate of drug-likeness (QED) is 0.530. The number of nitrogens with one attached hydrogen (secondary N) is 2. The zero-order valence-corrected chi connectivity index (χ0v) is 20.9. The second kappa shape index (κ2) is 10.3. The summed E-state index contributed by atoms with van der Waals surface area (Å²) in [5, 5.41) is 16.5. The molecule has 8 nitrogen and oxygen atoms in total. The molecule has 1 unspecified atom stereocenters. The lowest BCUT2D eigenvalue weighted by molar-refractivity contribution is -0.132. The standard InChI is InChI=1S/C26H41N5O3/c1-27-22(32)16-28-23(33)18-30-19-25(31(24(30)34)17-20-8-7-9-20)12-14-26(15-13-25,29(2)3)21-10-5-4-6-11-21/h4-6,10-11,20,24,34H,7-9,12-19H2,1-3H3,(H,27,32)(H,28,33)/t24?,25-,26+. The van der Waals surface area contributed by atoms with Gasteiger partial charge in [0.15, 0.2) is 6.35 Å². The lowest BCUT2D eigenvalue weighted by Gasteiger charge is -2.52. The third-order valence-corrected chi connectivity index (χ3v) is 8.64. The van der Waals surface area contributed by atoms with Crippen LogP contribution in [0.2, 0.25) is 0 Å². The number of carbonyl (C=O) groups excluding carboxylic acids is 2. The van der Waals surface area contributed by atoms with E-state index in [0.717, 1.165) is 32.2 Å². The Hall–Kier alpha value is -2.00. The van der Waals surface area contributed by atoms with Gasteiger partial charge in [-0.3, -0.25) is 24.3 Å². The highest BCUT2D eigenvalue weighted by molar-refractivity contribution is 5.85. The minimum atomic E-state index is -0.769. The summed E-state index contributed by atoms with van der Waals surface area (Å²) in [7, 11) is 5.89. The number of carbonyl (C=O) groups is 2. The van der Waals surface area contributed by atoms with Gasteiger partial charge in [-0.25, -0.2) is 0 Å². The Morgan fingerprint density at radius 2 is 1.76 bits per heavy atom. The molecule has 1 atom stereocenters. The highest BCUT2D eigenvalue weighted by Gasteiger charge is 2.55. The second-order valence-electron chi connectivity index (χ2n) is 10.7. The first kappa shape index (κ1) is 25.1. The molecule has 0 aromatic heterocycles. The van der Waals surface area contributed by atoms with Gasteiger partial charge in [0.25, 0.3) is 0 Å². The first-order valence-corrected chi connectivity index (χ1v) is 12.7. The van der Waals surface area contributed by atoms with Crippen LogP contribution in [0.25, 0.3) is 0 Å². The number of likely N-dealkylation sites (N-methyl/N-ethyl adjacent to an activating group) is 1. The predicted octanol–water partition coefficient (Wildman–Crippen LogP) is 1.31. The SMILES string of the molecule is CNC(=O)CNC(=O)CN1C[C@]2(CC[C@](c3ccccc3)(N(C)C)CC2)N(CC2CCC2)C1O. The van der Waals surface area contributed by atoms with Crippen LogP contribution >= 0.6 is 0 Å². The van der Waals surface area contributed by atoms with Gasteiger partial charge < -0.3 is 15.7 Å². The summed E-state index contributed by atoms with van der Waals surface area (Å²) < 4.78 is 0. The maximum absolute atomic E-state index is 12.5. The molecule has 3 N–H and O–H groups in total. The van der Waals surface area contributed by atoms with Gasteiger partial charge in [0.1, 0.15) is 0 Å². The normalized spacial score (nSPS) is 30.4. The minimum Gasteiger partial charge on any atom is -0.365 e. The maximum atomic E-state index is 12.5. The second-order valence-corrected chi connectivity index (χ2v) is 10.7. The molecule has 34 heavy (non-hydrogen) atoms. The molecule has 0 radical (unpaired) electrons. The van der Waals surface area contributed by atoms with Crippen molar-refractivity contribution >= 4 is 11.8 Å².